The van der Waals surface area contributed by atoms with Crippen LogP contribution >= 0.6 is 11.6 Å². The number of benzene rings is 1. The fourth-order valence-electron chi connectivity index (χ4n) is 3.32. The summed E-state index contributed by atoms with van der Waals surface area (Å²) in [4.78, 5) is 11.0. The average Bonchev–Trinajstić information content (AvgIpc) is 3.12. The van der Waals surface area contributed by atoms with Crippen LogP contribution in [0.25, 0.3) is 11.4 Å². The summed E-state index contributed by atoms with van der Waals surface area (Å²) < 4.78 is 5.42. The third-order valence-corrected chi connectivity index (χ3v) is 4.91. The molecule has 25 heavy (non-hydrogen) atoms. The van der Waals surface area contributed by atoms with Crippen molar-refractivity contribution < 1.29 is 4.52 Å². The highest BCUT2D eigenvalue weighted by Gasteiger charge is 2.22. The van der Waals surface area contributed by atoms with Crippen LogP contribution in [0.3, 0.4) is 0 Å². The van der Waals surface area contributed by atoms with Gasteiger partial charge in [0.25, 0.3) is 0 Å². The van der Waals surface area contributed by atoms with Gasteiger partial charge in [0.1, 0.15) is 0 Å². The first-order valence-electron chi connectivity index (χ1n) is 8.49. The van der Waals surface area contributed by atoms with Crippen LogP contribution in [0.4, 0.5) is 0 Å². The number of rotatable bonds is 4. The lowest BCUT2D eigenvalue weighted by Gasteiger charge is -2.31. The van der Waals surface area contributed by atoms with Crippen LogP contribution in [0.5, 0.6) is 0 Å². The molecule has 6 heteroatoms. The summed E-state index contributed by atoms with van der Waals surface area (Å²) in [6.45, 7) is 2.75. The number of hydrogen-bond donors (Lipinski definition) is 0. The monoisotopic (exact) mass is 354 g/mol. The van der Waals surface area contributed by atoms with Crippen molar-refractivity contribution in [3.63, 3.8) is 0 Å². The number of piperidine rings is 1. The predicted octanol–water partition coefficient (Wildman–Crippen LogP) is 4.16. The van der Waals surface area contributed by atoms with E-state index in [0.717, 1.165) is 31.5 Å². The van der Waals surface area contributed by atoms with E-state index in [-0.39, 0.29) is 0 Å². The van der Waals surface area contributed by atoms with Crippen molar-refractivity contribution in [2.24, 2.45) is 0 Å². The highest BCUT2D eigenvalue weighted by atomic mass is 35.5. The van der Waals surface area contributed by atoms with Crippen LogP contribution in [0, 0.1) is 0 Å². The van der Waals surface area contributed by atoms with Gasteiger partial charge in [-0.25, -0.2) is 0 Å². The van der Waals surface area contributed by atoms with E-state index in [2.05, 4.69) is 32.2 Å². The van der Waals surface area contributed by atoms with E-state index < -0.39 is 0 Å². The van der Waals surface area contributed by atoms with E-state index >= 15 is 0 Å². The Morgan fingerprint density at radius 2 is 1.92 bits per heavy atom. The second-order valence-electron chi connectivity index (χ2n) is 6.35. The Balaban J connectivity index is 1.36. The maximum Gasteiger partial charge on any atom is 0.241 e. The van der Waals surface area contributed by atoms with E-state index in [1.807, 2.05) is 36.7 Å². The van der Waals surface area contributed by atoms with E-state index in [4.69, 9.17) is 16.1 Å². The largest absolute Gasteiger partial charge is 0.338 e. The third kappa shape index (κ3) is 3.89. The van der Waals surface area contributed by atoms with Crippen molar-refractivity contribution in [1.29, 1.82) is 0 Å². The molecule has 1 saturated heterocycles. The number of aromatic nitrogens is 3. The predicted molar refractivity (Wildman–Crippen MR) is 96.2 cm³/mol. The minimum Gasteiger partial charge on any atom is -0.338 e. The molecule has 1 fully saturated rings. The lowest BCUT2D eigenvalue weighted by Crippen LogP contribution is -2.32. The Morgan fingerprint density at radius 1 is 1.12 bits per heavy atom. The maximum absolute atomic E-state index is 6.02. The smallest absolute Gasteiger partial charge is 0.241 e. The Labute approximate surface area is 151 Å². The van der Waals surface area contributed by atoms with Gasteiger partial charge in [-0.15, -0.1) is 0 Å². The van der Waals surface area contributed by atoms with Gasteiger partial charge in [0.05, 0.1) is 6.54 Å². The summed E-state index contributed by atoms with van der Waals surface area (Å²) in [6.07, 6.45) is 6.02. The zero-order chi connectivity index (χ0) is 17.1. The number of pyridine rings is 1. The van der Waals surface area contributed by atoms with Crippen LogP contribution < -0.4 is 0 Å². The van der Waals surface area contributed by atoms with E-state index in [0.29, 0.717) is 29.2 Å². The molecular weight excluding hydrogens is 336 g/mol. The molecule has 0 aliphatic carbocycles. The molecule has 5 nitrogen and oxygen atoms in total. The molecule has 1 aromatic carbocycles. The van der Waals surface area contributed by atoms with Gasteiger partial charge in [0.2, 0.25) is 11.7 Å². The normalized spacial score (nSPS) is 16.2. The second-order valence-corrected chi connectivity index (χ2v) is 6.79. The van der Waals surface area contributed by atoms with Crippen LogP contribution in [-0.4, -0.2) is 33.1 Å². The number of likely N-dealkylation sites (tertiary alicyclic amines) is 1. The molecular formula is C19H19ClN4O. The number of halogens is 1. The average molecular weight is 355 g/mol. The first-order valence-corrected chi connectivity index (χ1v) is 8.86. The molecule has 0 unspecified atom stereocenters. The molecule has 1 aliphatic rings. The van der Waals surface area contributed by atoms with Gasteiger partial charge in [0, 0.05) is 23.0 Å². The van der Waals surface area contributed by atoms with Gasteiger partial charge >= 0.3 is 0 Å². The highest BCUT2D eigenvalue weighted by Crippen LogP contribution is 2.28. The standard InChI is InChI=1S/C19H19ClN4O/c20-17-3-1-2-16(12-17)19-22-18(25-23-19)13-24-10-6-15(7-11-24)14-4-8-21-9-5-14/h1-5,8-9,12,15H,6-7,10-11,13H2. The SMILES string of the molecule is Clc1cccc(-c2noc(CN3CCC(c4ccncc4)CC3)n2)c1. The molecule has 1 aliphatic heterocycles. The number of nitrogens with zero attached hydrogens (tertiary/aromatic N) is 4. The highest BCUT2D eigenvalue weighted by molar-refractivity contribution is 6.30. The summed E-state index contributed by atoms with van der Waals surface area (Å²) in [5.41, 5.74) is 2.26. The fourth-order valence-corrected chi connectivity index (χ4v) is 3.51. The quantitative estimate of drug-likeness (QED) is 0.704. The molecule has 0 saturated carbocycles. The molecule has 0 radical (unpaired) electrons. The minimum absolute atomic E-state index is 0.587. The second kappa shape index (κ2) is 7.33. The molecule has 0 bridgehead atoms. The number of hydrogen-bond acceptors (Lipinski definition) is 5. The van der Waals surface area contributed by atoms with Crippen LogP contribution in [-0.2, 0) is 6.54 Å². The molecule has 2 aromatic heterocycles. The first-order chi connectivity index (χ1) is 12.3. The van der Waals surface area contributed by atoms with Gasteiger partial charge in [-0.05, 0) is 61.7 Å². The summed E-state index contributed by atoms with van der Waals surface area (Å²) in [5.74, 6) is 1.85. The summed E-state index contributed by atoms with van der Waals surface area (Å²) >= 11 is 6.02. The van der Waals surface area contributed by atoms with Crippen LogP contribution in [0.1, 0.15) is 30.2 Å². The van der Waals surface area contributed by atoms with Crippen molar-refractivity contribution in [3.8, 4) is 11.4 Å². The molecule has 0 N–H and O–H groups in total. The summed E-state index contributed by atoms with van der Waals surface area (Å²) in [7, 11) is 0. The van der Waals surface area contributed by atoms with Crippen LogP contribution in [0.15, 0.2) is 53.3 Å². The third-order valence-electron chi connectivity index (χ3n) is 4.67. The van der Waals surface area contributed by atoms with Gasteiger partial charge in [-0.3, -0.25) is 9.88 Å². The summed E-state index contributed by atoms with van der Waals surface area (Å²) in [5, 5.41) is 4.75. The van der Waals surface area contributed by atoms with Gasteiger partial charge < -0.3 is 4.52 Å². The Kier molecular flexibility index (Phi) is 4.76. The van der Waals surface area contributed by atoms with Crippen molar-refractivity contribution in [2.75, 3.05) is 13.1 Å². The molecule has 0 atom stereocenters. The van der Waals surface area contributed by atoms with E-state index in [1.165, 1.54) is 5.56 Å². The topological polar surface area (TPSA) is 55.1 Å². The molecule has 0 spiro atoms. The van der Waals surface area contributed by atoms with E-state index in [1.54, 1.807) is 0 Å². The molecule has 128 valence electrons. The van der Waals surface area contributed by atoms with Crippen molar-refractivity contribution in [3.05, 3.63) is 65.3 Å². The maximum atomic E-state index is 6.02. The van der Waals surface area contributed by atoms with Crippen molar-refractivity contribution >= 4 is 11.6 Å². The molecule has 3 aromatic rings. The van der Waals surface area contributed by atoms with Crippen molar-refractivity contribution in [1.82, 2.24) is 20.0 Å². The Hall–Kier alpha value is -2.24. The zero-order valence-corrected chi connectivity index (χ0v) is 14.6. The lowest BCUT2D eigenvalue weighted by molar-refractivity contribution is 0.181. The van der Waals surface area contributed by atoms with Gasteiger partial charge in [-0.1, -0.05) is 28.9 Å². The fraction of sp³-hybridized carbons (Fsp3) is 0.316. The Bertz CT molecular complexity index is 828. The lowest BCUT2D eigenvalue weighted by atomic mass is 9.90. The van der Waals surface area contributed by atoms with Gasteiger partial charge in [-0.2, -0.15) is 4.98 Å². The zero-order valence-electron chi connectivity index (χ0n) is 13.8. The van der Waals surface area contributed by atoms with Crippen molar-refractivity contribution in [2.45, 2.75) is 25.3 Å². The first kappa shape index (κ1) is 16.2. The Morgan fingerprint density at radius 3 is 2.68 bits per heavy atom. The molecule has 3 heterocycles. The summed E-state index contributed by atoms with van der Waals surface area (Å²) in [6, 6.07) is 11.7. The van der Waals surface area contributed by atoms with Crippen LogP contribution in [0.2, 0.25) is 5.02 Å². The van der Waals surface area contributed by atoms with E-state index in [9.17, 15) is 0 Å². The van der Waals surface area contributed by atoms with Gasteiger partial charge in [0.15, 0.2) is 0 Å². The molecule has 0 amide bonds. The molecule has 4 rings (SSSR count). The minimum atomic E-state index is 0.587.